The molecular formula is C18H16F3NO4S. The van der Waals surface area contributed by atoms with E-state index in [-0.39, 0.29) is 5.75 Å². The van der Waals surface area contributed by atoms with Gasteiger partial charge in [0.25, 0.3) is 5.91 Å². The Kier molecular flexibility index (Phi) is 7.00. The molecule has 1 heterocycles. The Hall–Kier alpha value is -2.81. The van der Waals surface area contributed by atoms with Crippen molar-refractivity contribution in [3.05, 3.63) is 58.3 Å². The van der Waals surface area contributed by atoms with Crippen LogP contribution in [-0.4, -0.2) is 24.3 Å². The van der Waals surface area contributed by atoms with E-state index in [1.807, 2.05) is 17.5 Å². The highest BCUT2D eigenvalue weighted by molar-refractivity contribution is 7.09. The molecule has 27 heavy (non-hydrogen) atoms. The number of amides is 1. The molecule has 0 fully saturated rings. The largest absolute Gasteiger partial charge is 0.573 e. The van der Waals surface area contributed by atoms with Gasteiger partial charge in [-0.05, 0) is 42.1 Å². The van der Waals surface area contributed by atoms with Crippen molar-refractivity contribution in [3.63, 3.8) is 0 Å². The zero-order valence-corrected chi connectivity index (χ0v) is 15.0. The summed E-state index contributed by atoms with van der Waals surface area (Å²) < 4.78 is 45.0. The summed E-state index contributed by atoms with van der Waals surface area (Å²) in [6.45, 7) is 1.79. The monoisotopic (exact) mass is 399 g/mol. The number of ether oxygens (including phenoxy) is 2. The number of hydrogen-bond donors (Lipinski definition) is 1. The summed E-state index contributed by atoms with van der Waals surface area (Å²) in [6.07, 6.45) is -3.30. The number of carbonyl (C=O) groups is 2. The minimum atomic E-state index is -4.76. The summed E-state index contributed by atoms with van der Waals surface area (Å²) in [6, 6.07) is 8.68. The summed E-state index contributed by atoms with van der Waals surface area (Å²) >= 11 is 1.50. The number of thiophene rings is 1. The number of alkyl halides is 3. The Balaban J connectivity index is 1.80. The molecule has 2 aromatic rings. The number of benzene rings is 1. The van der Waals surface area contributed by atoms with Crippen LogP contribution in [0.5, 0.6) is 5.75 Å². The zero-order valence-electron chi connectivity index (χ0n) is 14.2. The molecule has 0 saturated carbocycles. The molecule has 0 bridgehead atoms. The second kappa shape index (κ2) is 9.22. The van der Waals surface area contributed by atoms with E-state index in [0.717, 1.165) is 23.1 Å². The van der Waals surface area contributed by atoms with Crippen LogP contribution in [0.15, 0.2) is 47.9 Å². The quantitative estimate of drug-likeness (QED) is 0.566. The first kappa shape index (κ1) is 20.5. The van der Waals surface area contributed by atoms with E-state index in [9.17, 15) is 22.8 Å². The molecule has 1 aromatic carbocycles. The van der Waals surface area contributed by atoms with Gasteiger partial charge in [-0.3, -0.25) is 4.79 Å². The summed E-state index contributed by atoms with van der Waals surface area (Å²) in [4.78, 5) is 24.6. The Morgan fingerprint density at radius 1 is 1.22 bits per heavy atom. The standard InChI is InChI=1S/C18H16F3NO4S/c1-12(17(24)22-11-15-3-2-10-27-15)25-16(23)9-6-13-4-7-14(8-5-13)26-18(19,20)21/h2-10,12H,11H2,1H3,(H,22,24)/b9-6+/t12-/m0/s1. The van der Waals surface area contributed by atoms with E-state index in [1.54, 1.807) is 0 Å². The Morgan fingerprint density at radius 3 is 2.52 bits per heavy atom. The second-order valence-corrected chi connectivity index (χ2v) is 6.36. The van der Waals surface area contributed by atoms with Crippen LogP contribution < -0.4 is 10.1 Å². The predicted octanol–water partition coefficient (Wildman–Crippen LogP) is 3.91. The molecule has 5 nitrogen and oxygen atoms in total. The third-order valence-corrected chi connectivity index (χ3v) is 4.08. The van der Waals surface area contributed by atoms with Crippen LogP contribution in [0, 0.1) is 0 Å². The number of esters is 1. The molecule has 0 saturated heterocycles. The molecule has 0 radical (unpaired) electrons. The van der Waals surface area contributed by atoms with Crippen LogP contribution in [0.3, 0.4) is 0 Å². The van der Waals surface area contributed by atoms with Crippen molar-refractivity contribution in [2.24, 2.45) is 0 Å². The lowest BCUT2D eigenvalue weighted by molar-refractivity contribution is -0.274. The van der Waals surface area contributed by atoms with E-state index in [0.29, 0.717) is 12.1 Å². The minimum Gasteiger partial charge on any atom is -0.449 e. The molecule has 0 aliphatic heterocycles. The van der Waals surface area contributed by atoms with Gasteiger partial charge in [-0.1, -0.05) is 18.2 Å². The van der Waals surface area contributed by atoms with Crippen LogP contribution in [0.1, 0.15) is 17.4 Å². The Labute approximate surface area is 157 Å². The van der Waals surface area contributed by atoms with Gasteiger partial charge in [0.2, 0.25) is 0 Å². The maximum atomic E-state index is 12.1. The number of nitrogens with one attached hydrogen (secondary N) is 1. The van der Waals surface area contributed by atoms with Crippen LogP contribution in [0.25, 0.3) is 6.08 Å². The van der Waals surface area contributed by atoms with E-state index < -0.39 is 24.3 Å². The smallest absolute Gasteiger partial charge is 0.449 e. The first-order chi connectivity index (χ1) is 12.7. The highest BCUT2D eigenvalue weighted by Crippen LogP contribution is 2.23. The molecule has 2 rings (SSSR count). The second-order valence-electron chi connectivity index (χ2n) is 5.33. The molecule has 0 aliphatic carbocycles. The Morgan fingerprint density at radius 2 is 1.93 bits per heavy atom. The maximum Gasteiger partial charge on any atom is 0.573 e. The van der Waals surface area contributed by atoms with Crippen molar-refractivity contribution in [2.75, 3.05) is 0 Å². The third kappa shape index (κ3) is 7.53. The molecule has 144 valence electrons. The van der Waals surface area contributed by atoms with Crippen LogP contribution in [0.4, 0.5) is 13.2 Å². The lowest BCUT2D eigenvalue weighted by atomic mass is 10.2. The number of carbonyl (C=O) groups excluding carboxylic acids is 2. The summed E-state index contributed by atoms with van der Waals surface area (Å²) in [5, 5.41) is 4.54. The topological polar surface area (TPSA) is 64.6 Å². The van der Waals surface area contributed by atoms with E-state index >= 15 is 0 Å². The fraction of sp³-hybridized carbons (Fsp3) is 0.222. The molecule has 1 aromatic heterocycles. The van der Waals surface area contributed by atoms with Crippen LogP contribution in [-0.2, 0) is 20.9 Å². The van der Waals surface area contributed by atoms with Gasteiger partial charge < -0.3 is 14.8 Å². The molecule has 0 unspecified atom stereocenters. The zero-order chi connectivity index (χ0) is 19.9. The first-order valence-corrected chi connectivity index (χ1v) is 8.65. The predicted molar refractivity (Wildman–Crippen MR) is 93.9 cm³/mol. The Bertz CT molecular complexity index is 786. The normalized spacial score (nSPS) is 12.6. The van der Waals surface area contributed by atoms with Gasteiger partial charge in [0, 0.05) is 11.0 Å². The molecule has 1 amide bonds. The van der Waals surface area contributed by atoms with Crippen molar-refractivity contribution < 1.29 is 32.2 Å². The summed E-state index contributed by atoms with van der Waals surface area (Å²) in [5.41, 5.74) is 0.469. The van der Waals surface area contributed by atoms with Crippen molar-refractivity contribution >= 4 is 29.3 Å². The van der Waals surface area contributed by atoms with E-state index in [4.69, 9.17) is 4.74 Å². The molecular weight excluding hydrogens is 383 g/mol. The van der Waals surface area contributed by atoms with Gasteiger partial charge in [-0.25, -0.2) is 4.79 Å². The highest BCUT2D eigenvalue weighted by atomic mass is 32.1. The molecule has 9 heteroatoms. The molecule has 0 spiro atoms. The van der Waals surface area contributed by atoms with Gasteiger partial charge >= 0.3 is 12.3 Å². The van der Waals surface area contributed by atoms with Crippen molar-refractivity contribution in [1.29, 1.82) is 0 Å². The average molecular weight is 399 g/mol. The SMILES string of the molecule is C[C@H](OC(=O)/C=C/c1ccc(OC(F)(F)F)cc1)C(=O)NCc1cccs1. The fourth-order valence-corrected chi connectivity index (χ4v) is 2.59. The average Bonchev–Trinajstić information content (AvgIpc) is 3.11. The fourth-order valence-electron chi connectivity index (χ4n) is 1.94. The molecule has 1 atom stereocenters. The summed E-state index contributed by atoms with van der Waals surface area (Å²) in [7, 11) is 0. The first-order valence-electron chi connectivity index (χ1n) is 7.77. The lowest BCUT2D eigenvalue weighted by Gasteiger charge is -2.11. The minimum absolute atomic E-state index is 0.348. The van der Waals surface area contributed by atoms with E-state index in [2.05, 4.69) is 10.1 Å². The molecule has 0 aliphatic rings. The number of halogens is 3. The van der Waals surface area contributed by atoms with E-state index in [1.165, 1.54) is 36.5 Å². The highest BCUT2D eigenvalue weighted by Gasteiger charge is 2.30. The van der Waals surface area contributed by atoms with Crippen LogP contribution in [0.2, 0.25) is 0 Å². The van der Waals surface area contributed by atoms with Gasteiger partial charge in [0.05, 0.1) is 6.54 Å². The number of rotatable bonds is 7. The van der Waals surface area contributed by atoms with Gasteiger partial charge in [-0.15, -0.1) is 24.5 Å². The third-order valence-electron chi connectivity index (χ3n) is 3.20. The maximum absolute atomic E-state index is 12.1. The van der Waals surface area contributed by atoms with Crippen LogP contribution >= 0.6 is 11.3 Å². The van der Waals surface area contributed by atoms with Gasteiger partial charge in [0.1, 0.15) is 5.75 Å². The molecule has 1 N–H and O–H groups in total. The summed E-state index contributed by atoms with van der Waals surface area (Å²) in [5.74, 6) is -1.54. The number of hydrogen-bond acceptors (Lipinski definition) is 5. The van der Waals surface area contributed by atoms with Crippen molar-refractivity contribution in [1.82, 2.24) is 5.32 Å². The lowest BCUT2D eigenvalue weighted by Crippen LogP contribution is -2.34. The van der Waals surface area contributed by atoms with Crippen molar-refractivity contribution in [2.45, 2.75) is 25.9 Å². The van der Waals surface area contributed by atoms with Crippen molar-refractivity contribution in [3.8, 4) is 5.75 Å². The van der Waals surface area contributed by atoms with Gasteiger partial charge in [0.15, 0.2) is 6.10 Å². The van der Waals surface area contributed by atoms with Gasteiger partial charge in [-0.2, -0.15) is 0 Å².